The Labute approximate surface area is 121 Å². The van der Waals surface area contributed by atoms with Crippen LogP contribution in [0.2, 0.25) is 0 Å². The van der Waals surface area contributed by atoms with Crippen LogP contribution in [-0.4, -0.2) is 43.7 Å². The minimum atomic E-state index is -0.157. The third kappa shape index (κ3) is 3.30. The number of likely N-dealkylation sites (N-methyl/N-ethyl adjacent to an activating group) is 1. The lowest BCUT2D eigenvalue weighted by atomic mass is 9.98. The van der Waals surface area contributed by atoms with Gasteiger partial charge in [-0.25, -0.2) is 4.39 Å². The van der Waals surface area contributed by atoms with E-state index < -0.39 is 0 Å². The summed E-state index contributed by atoms with van der Waals surface area (Å²) in [6.07, 6.45) is 0. The lowest BCUT2D eigenvalue weighted by Crippen LogP contribution is -2.57. The summed E-state index contributed by atoms with van der Waals surface area (Å²) in [5, 5.41) is 3.30. The van der Waals surface area contributed by atoms with Gasteiger partial charge in [-0.1, -0.05) is 6.92 Å². The summed E-state index contributed by atoms with van der Waals surface area (Å²) in [5.74, 6) is -0.157. The summed E-state index contributed by atoms with van der Waals surface area (Å²) in [6, 6.07) is 5.14. The molecule has 1 fully saturated rings. The number of nitrogens with zero attached hydrogens (tertiary/aromatic N) is 2. The van der Waals surface area contributed by atoms with Crippen molar-refractivity contribution in [1.29, 1.82) is 0 Å². The standard InChI is InChI=1S/C16H26FN3/c1-5-18-11-13-10-14(17)6-7-15(13)20-9-8-19(4)16(2,3)12-20/h6-7,10,18H,5,8-9,11-12H2,1-4H3. The second-order valence-corrected chi connectivity index (χ2v) is 6.21. The van der Waals surface area contributed by atoms with Crippen molar-refractivity contribution in [2.45, 2.75) is 32.9 Å². The van der Waals surface area contributed by atoms with Crippen LogP contribution in [0.1, 0.15) is 26.3 Å². The topological polar surface area (TPSA) is 18.5 Å². The summed E-state index contributed by atoms with van der Waals surface area (Å²) in [7, 11) is 2.17. The summed E-state index contributed by atoms with van der Waals surface area (Å²) in [5.41, 5.74) is 2.35. The fourth-order valence-electron chi connectivity index (χ4n) is 2.71. The average molecular weight is 279 g/mol. The van der Waals surface area contributed by atoms with Gasteiger partial charge in [0.2, 0.25) is 0 Å². The minimum absolute atomic E-state index is 0.141. The smallest absolute Gasteiger partial charge is 0.123 e. The van der Waals surface area contributed by atoms with E-state index >= 15 is 0 Å². The Hall–Kier alpha value is -1.13. The van der Waals surface area contributed by atoms with Gasteiger partial charge in [-0.15, -0.1) is 0 Å². The fraction of sp³-hybridized carbons (Fsp3) is 0.625. The number of piperazine rings is 1. The number of hydrogen-bond donors (Lipinski definition) is 1. The highest BCUT2D eigenvalue weighted by Crippen LogP contribution is 2.27. The van der Waals surface area contributed by atoms with Crippen LogP contribution in [0.3, 0.4) is 0 Å². The maximum absolute atomic E-state index is 13.5. The van der Waals surface area contributed by atoms with Gasteiger partial charge >= 0.3 is 0 Å². The van der Waals surface area contributed by atoms with Gasteiger partial charge in [-0.2, -0.15) is 0 Å². The van der Waals surface area contributed by atoms with E-state index in [-0.39, 0.29) is 11.4 Å². The lowest BCUT2D eigenvalue weighted by molar-refractivity contribution is 0.139. The van der Waals surface area contributed by atoms with Crippen LogP contribution in [-0.2, 0) is 6.54 Å². The van der Waals surface area contributed by atoms with E-state index in [0.29, 0.717) is 0 Å². The quantitative estimate of drug-likeness (QED) is 0.913. The predicted molar refractivity (Wildman–Crippen MR) is 82.7 cm³/mol. The normalized spacial score (nSPS) is 19.4. The molecule has 1 heterocycles. The van der Waals surface area contributed by atoms with Crippen molar-refractivity contribution in [3.05, 3.63) is 29.6 Å². The first-order valence-electron chi connectivity index (χ1n) is 7.39. The van der Waals surface area contributed by atoms with E-state index in [1.54, 1.807) is 12.1 Å². The molecule has 20 heavy (non-hydrogen) atoms. The average Bonchev–Trinajstić information content (AvgIpc) is 2.39. The summed E-state index contributed by atoms with van der Waals surface area (Å²) >= 11 is 0. The highest BCUT2D eigenvalue weighted by molar-refractivity contribution is 5.54. The first-order chi connectivity index (χ1) is 9.44. The van der Waals surface area contributed by atoms with Gasteiger partial charge in [0.15, 0.2) is 0 Å². The van der Waals surface area contributed by atoms with Gasteiger partial charge in [0.25, 0.3) is 0 Å². The molecule has 0 bridgehead atoms. The van der Waals surface area contributed by atoms with Crippen LogP contribution in [0.4, 0.5) is 10.1 Å². The van der Waals surface area contributed by atoms with Gasteiger partial charge in [0, 0.05) is 37.4 Å². The van der Waals surface area contributed by atoms with Gasteiger partial charge in [-0.05, 0) is 51.2 Å². The number of rotatable bonds is 4. The van der Waals surface area contributed by atoms with Crippen molar-refractivity contribution in [3.8, 4) is 0 Å². The number of anilines is 1. The van der Waals surface area contributed by atoms with Gasteiger partial charge in [0.1, 0.15) is 5.82 Å². The van der Waals surface area contributed by atoms with Crippen LogP contribution < -0.4 is 10.2 Å². The number of benzene rings is 1. The molecule has 0 aromatic heterocycles. The third-order valence-electron chi connectivity index (χ3n) is 4.26. The SMILES string of the molecule is CCNCc1cc(F)ccc1N1CCN(C)C(C)(C)C1. The lowest BCUT2D eigenvalue weighted by Gasteiger charge is -2.46. The molecule has 0 saturated carbocycles. The van der Waals surface area contributed by atoms with Crippen molar-refractivity contribution in [1.82, 2.24) is 10.2 Å². The Morgan fingerprint density at radius 2 is 2.05 bits per heavy atom. The van der Waals surface area contributed by atoms with E-state index in [1.807, 2.05) is 6.07 Å². The van der Waals surface area contributed by atoms with Crippen molar-refractivity contribution in [2.24, 2.45) is 0 Å². The first kappa shape index (κ1) is 15.3. The molecule has 3 nitrogen and oxygen atoms in total. The van der Waals surface area contributed by atoms with E-state index in [2.05, 4.69) is 42.9 Å². The van der Waals surface area contributed by atoms with Crippen molar-refractivity contribution >= 4 is 5.69 Å². The molecule has 0 amide bonds. The van der Waals surface area contributed by atoms with Crippen LogP contribution >= 0.6 is 0 Å². The molecule has 1 saturated heterocycles. The first-order valence-corrected chi connectivity index (χ1v) is 7.39. The molecule has 2 rings (SSSR count). The Morgan fingerprint density at radius 1 is 1.30 bits per heavy atom. The zero-order valence-corrected chi connectivity index (χ0v) is 13.0. The number of nitrogens with one attached hydrogen (secondary N) is 1. The molecule has 0 spiro atoms. The molecular formula is C16H26FN3. The molecule has 1 aromatic rings. The van der Waals surface area contributed by atoms with E-state index in [1.165, 1.54) is 0 Å². The van der Waals surface area contributed by atoms with E-state index in [0.717, 1.165) is 44.0 Å². The van der Waals surface area contributed by atoms with E-state index in [4.69, 9.17) is 0 Å². The molecule has 1 aliphatic rings. The highest BCUT2D eigenvalue weighted by atomic mass is 19.1. The fourth-order valence-corrected chi connectivity index (χ4v) is 2.71. The van der Waals surface area contributed by atoms with Gasteiger partial charge < -0.3 is 10.2 Å². The maximum atomic E-state index is 13.5. The molecule has 1 N–H and O–H groups in total. The second kappa shape index (κ2) is 6.10. The number of halogens is 1. The second-order valence-electron chi connectivity index (χ2n) is 6.21. The number of hydrogen-bond acceptors (Lipinski definition) is 3. The largest absolute Gasteiger partial charge is 0.368 e. The minimum Gasteiger partial charge on any atom is -0.368 e. The van der Waals surface area contributed by atoms with Crippen molar-refractivity contribution in [3.63, 3.8) is 0 Å². The highest BCUT2D eigenvalue weighted by Gasteiger charge is 2.31. The van der Waals surface area contributed by atoms with Crippen molar-refractivity contribution in [2.75, 3.05) is 38.1 Å². The zero-order chi connectivity index (χ0) is 14.8. The summed E-state index contributed by atoms with van der Waals surface area (Å²) in [6.45, 7) is 11.2. The Balaban J connectivity index is 2.23. The molecule has 1 aliphatic heterocycles. The Kier molecular flexibility index (Phi) is 4.66. The summed E-state index contributed by atoms with van der Waals surface area (Å²) in [4.78, 5) is 4.77. The Bertz CT molecular complexity index is 459. The molecule has 0 radical (unpaired) electrons. The van der Waals surface area contributed by atoms with Crippen LogP contribution in [0.15, 0.2) is 18.2 Å². The molecule has 4 heteroatoms. The molecule has 0 unspecified atom stereocenters. The maximum Gasteiger partial charge on any atom is 0.123 e. The van der Waals surface area contributed by atoms with Crippen LogP contribution in [0, 0.1) is 5.82 Å². The molecule has 1 aromatic carbocycles. The summed E-state index contributed by atoms with van der Waals surface area (Å²) < 4.78 is 13.5. The Morgan fingerprint density at radius 3 is 2.70 bits per heavy atom. The third-order valence-corrected chi connectivity index (χ3v) is 4.26. The predicted octanol–water partition coefficient (Wildman–Crippen LogP) is 2.47. The monoisotopic (exact) mass is 279 g/mol. The van der Waals surface area contributed by atoms with Crippen LogP contribution in [0.25, 0.3) is 0 Å². The molecule has 0 aliphatic carbocycles. The van der Waals surface area contributed by atoms with Crippen molar-refractivity contribution < 1.29 is 4.39 Å². The molecular weight excluding hydrogens is 253 g/mol. The zero-order valence-electron chi connectivity index (χ0n) is 13.0. The van der Waals surface area contributed by atoms with Gasteiger partial charge in [0.05, 0.1) is 0 Å². The van der Waals surface area contributed by atoms with Crippen LogP contribution in [0.5, 0.6) is 0 Å². The van der Waals surface area contributed by atoms with E-state index in [9.17, 15) is 4.39 Å². The molecule has 112 valence electrons. The van der Waals surface area contributed by atoms with Gasteiger partial charge in [-0.3, -0.25) is 4.90 Å². The molecule has 0 atom stereocenters.